The monoisotopic (exact) mass is 235 g/mol. The van der Waals surface area contributed by atoms with E-state index in [4.69, 9.17) is 4.74 Å². The lowest BCUT2D eigenvalue weighted by molar-refractivity contribution is 0.0269. The zero-order valence-corrected chi connectivity index (χ0v) is 9.93. The number of amides is 1. The highest BCUT2D eigenvalue weighted by Gasteiger charge is 2.24. The molecule has 0 spiro atoms. The number of carbonyl (C=O) groups is 1. The van der Waals surface area contributed by atoms with E-state index < -0.39 is 0 Å². The highest BCUT2D eigenvalue weighted by Crippen LogP contribution is 2.17. The number of phenols is 1. The molecule has 1 saturated heterocycles. The van der Waals surface area contributed by atoms with E-state index >= 15 is 0 Å². The second-order valence-electron chi connectivity index (χ2n) is 4.30. The van der Waals surface area contributed by atoms with Gasteiger partial charge in [-0.15, -0.1) is 0 Å². The molecule has 1 N–H and O–H groups in total. The molecule has 17 heavy (non-hydrogen) atoms. The van der Waals surface area contributed by atoms with Gasteiger partial charge in [-0.2, -0.15) is 0 Å². The number of rotatable bonds is 2. The second-order valence-corrected chi connectivity index (χ2v) is 4.30. The molecule has 0 radical (unpaired) electrons. The topological polar surface area (TPSA) is 49.8 Å². The van der Waals surface area contributed by atoms with E-state index in [9.17, 15) is 9.90 Å². The quantitative estimate of drug-likeness (QED) is 0.847. The van der Waals surface area contributed by atoms with Crippen LogP contribution in [0.25, 0.3) is 0 Å². The Hall–Kier alpha value is -1.55. The summed E-state index contributed by atoms with van der Waals surface area (Å²) in [6.45, 7) is 1.39. The molecule has 0 aromatic heterocycles. The van der Waals surface area contributed by atoms with E-state index in [1.807, 2.05) is 0 Å². The van der Waals surface area contributed by atoms with Gasteiger partial charge < -0.3 is 14.7 Å². The summed E-state index contributed by atoms with van der Waals surface area (Å²) >= 11 is 0. The number of likely N-dealkylation sites (tertiary alicyclic amines) is 1. The number of hydrogen-bond acceptors (Lipinski definition) is 3. The van der Waals surface area contributed by atoms with Crippen molar-refractivity contribution in [2.24, 2.45) is 0 Å². The van der Waals surface area contributed by atoms with Crippen molar-refractivity contribution in [3.05, 3.63) is 29.8 Å². The van der Waals surface area contributed by atoms with Gasteiger partial charge in [0, 0.05) is 25.8 Å². The number of methoxy groups -OCH3 is 1. The maximum absolute atomic E-state index is 12.2. The zero-order valence-electron chi connectivity index (χ0n) is 9.93. The van der Waals surface area contributed by atoms with Crippen LogP contribution >= 0.6 is 0 Å². The van der Waals surface area contributed by atoms with Gasteiger partial charge in [0.1, 0.15) is 5.75 Å². The van der Waals surface area contributed by atoms with Crippen LogP contribution in [0.3, 0.4) is 0 Å². The summed E-state index contributed by atoms with van der Waals surface area (Å²) in [6, 6.07) is 6.46. The normalized spacial score (nSPS) is 20.3. The van der Waals surface area contributed by atoms with Crippen LogP contribution in [0.5, 0.6) is 5.75 Å². The summed E-state index contributed by atoms with van der Waals surface area (Å²) in [5.41, 5.74) is 0.529. The highest BCUT2D eigenvalue weighted by atomic mass is 16.5. The van der Waals surface area contributed by atoms with Gasteiger partial charge in [-0.3, -0.25) is 4.79 Å². The van der Waals surface area contributed by atoms with Crippen LogP contribution in [-0.4, -0.2) is 42.2 Å². The largest absolute Gasteiger partial charge is 0.508 e. The minimum Gasteiger partial charge on any atom is -0.508 e. The van der Waals surface area contributed by atoms with Crippen LogP contribution in [0.15, 0.2) is 24.3 Å². The molecule has 4 nitrogen and oxygen atoms in total. The molecule has 1 unspecified atom stereocenters. The lowest BCUT2D eigenvalue weighted by Gasteiger charge is -2.32. The summed E-state index contributed by atoms with van der Waals surface area (Å²) in [4.78, 5) is 14.0. The number of ether oxygens (including phenoxy) is 1. The maximum Gasteiger partial charge on any atom is 0.254 e. The smallest absolute Gasteiger partial charge is 0.254 e. The zero-order chi connectivity index (χ0) is 12.3. The maximum atomic E-state index is 12.2. The standard InChI is InChI=1S/C13H17NO3/c1-17-12-6-3-7-14(9-12)13(16)10-4-2-5-11(15)8-10/h2,4-5,8,12,15H,3,6-7,9H2,1H3. The Bertz CT molecular complexity index is 405. The molecule has 92 valence electrons. The fourth-order valence-electron chi connectivity index (χ4n) is 2.14. The first kappa shape index (κ1) is 11.9. The van der Waals surface area contributed by atoms with Crippen molar-refractivity contribution in [2.45, 2.75) is 18.9 Å². The first-order chi connectivity index (χ1) is 8.20. The van der Waals surface area contributed by atoms with Crippen molar-refractivity contribution < 1.29 is 14.6 Å². The Morgan fingerprint density at radius 2 is 2.35 bits per heavy atom. The first-order valence-corrected chi connectivity index (χ1v) is 5.82. The number of nitrogens with zero attached hydrogens (tertiary/aromatic N) is 1. The van der Waals surface area contributed by atoms with Crippen molar-refractivity contribution in [1.29, 1.82) is 0 Å². The van der Waals surface area contributed by atoms with Crippen molar-refractivity contribution in [3.8, 4) is 5.75 Å². The van der Waals surface area contributed by atoms with E-state index in [-0.39, 0.29) is 17.8 Å². The average molecular weight is 235 g/mol. The Balaban J connectivity index is 2.09. The molecule has 1 atom stereocenters. The van der Waals surface area contributed by atoms with E-state index in [0.717, 1.165) is 19.4 Å². The summed E-state index contributed by atoms with van der Waals surface area (Å²) in [6.07, 6.45) is 2.09. The van der Waals surface area contributed by atoms with Gasteiger partial charge in [0.15, 0.2) is 0 Å². The van der Waals surface area contributed by atoms with Crippen molar-refractivity contribution in [3.63, 3.8) is 0 Å². The molecule has 1 fully saturated rings. The predicted octanol–water partition coefficient (Wildman–Crippen LogP) is 1.64. The van der Waals surface area contributed by atoms with Crippen LogP contribution < -0.4 is 0 Å². The van der Waals surface area contributed by atoms with E-state index in [1.165, 1.54) is 6.07 Å². The molecule has 2 rings (SSSR count). The molecular formula is C13H17NO3. The first-order valence-electron chi connectivity index (χ1n) is 5.82. The predicted molar refractivity (Wildman–Crippen MR) is 64.0 cm³/mol. The van der Waals surface area contributed by atoms with Crippen molar-refractivity contribution in [2.75, 3.05) is 20.2 Å². The Labute approximate surface area is 101 Å². The molecule has 1 aliphatic rings. The van der Waals surface area contributed by atoms with Gasteiger partial charge in [-0.25, -0.2) is 0 Å². The summed E-state index contributed by atoms with van der Waals surface area (Å²) in [5, 5.41) is 9.36. The molecule has 1 aromatic carbocycles. The third-order valence-corrected chi connectivity index (χ3v) is 3.09. The van der Waals surface area contributed by atoms with Gasteiger partial charge in [0.25, 0.3) is 5.91 Å². The fourth-order valence-corrected chi connectivity index (χ4v) is 2.14. The molecule has 4 heteroatoms. The van der Waals surface area contributed by atoms with E-state index in [2.05, 4.69) is 0 Å². The SMILES string of the molecule is COC1CCCN(C(=O)c2cccc(O)c2)C1. The van der Waals surface area contributed by atoms with Crippen molar-refractivity contribution >= 4 is 5.91 Å². The fraction of sp³-hybridized carbons (Fsp3) is 0.462. The summed E-state index contributed by atoms with van der Waals surface area (Å²) in [5.74, 6) is 0.0822. The minimum absolute atomic E-state index is 0.0392. The number of benzene rings is 1. The Morgan fingerprint density at radius 3 is 3.06 bits per heavy atom. The molecule has 1 amide bonds. The van der Waals surface area contributed by atoms with Gasteiger partial charge in [0.2, 0.25) is 0 Å². The Kier molecular flexibility index (Phi) is 3.64. The number of aromatic hydroxyl groups is 1. The van der Waals surface area contributed by atoms with Gasteiger partial charge in [-0.05, 0) is 31.0 Å². The third kappa shape index (κ3) is 2.77. The third-order valence-electron chi connectivity index (χ3n) is 3.09. The van der Waals surface area contributed by atoms with Gasteiger partial charge >= 0.3 is 0 Å². The summed E-state index contributed by atoms with van der Waals surface area (Å²) in [7, 11) is 1.67. The number of phenolic OH excluding ortho intramolecular Hbond substituents is 1. The Morgan fingerprint density at radius 1 is 1.53 bits per heavy atom. The molecule has 0 bridgehead atoms. The molecule has 1 heterocycles. The summed E-state index contributed by atoms with van der Waals surface area (Å²) < 4.78 is 5.29. The molecular weight excluding hydrogens is 218 g/mol. The number of hydrogen-bond donors (Lipinski definition) is 1. The van der Waals surface area contributed by atoms with E-state index in [1.54, 1.807) is 30.2 Å². The minimum atomic E-state index is -0.0392. The molecule has 1 aliphatic heterocycles. The van der Waals surface area contributed by atoms with Crippen molar-refractivity contribution in [1.82, 2.24) is 4.90 Å². The van der Waals surface area contributed by atoms with E-state index in [0.29, 0.717) is 12.1 Å². The molecule has 0 saturated carbocycles. The second kappa shape index (κ2) is 5.19. The molecule has 0 aliphatic carbocycles. The highest BCUT2D eigenvalue weighted by molar-refractivity contribution is 5.94. The van der Waals surface area contributed by atoms with Crippen LogP contribution in [0, 0.1) is 0 Å². The van der Waals surface area contributed by atoms with Gasteiger partial charge in [0.05, 0.1) is 6.10 Å². The van der Waals surface area contributed by atoms with Crippen LogP contribution in [0.1, 0.15) is 23.2 Å². The average Bonchev–Trinajstić information content (AvgIpc) is 2.38. The van der Waals surface area contributed by atoms with Gasteiger partial charge in [-0.1, -0.05) is 6.07 Å². The number of carbonyl (C=O) groups excluding carboxylic acids is 1. The van der Waals surface area contributed by atoms with Crippen LogP contribution in [0.4, 0.5) is 0 Å². The molecule has 1 aromatic rings. The van der Waals surface area contributed by atoms with Crippen LogP contribution in [-0.2, 0) is 4.74 Å². The van der Waals surface area contributed by atoms with Crippen LogP contribution in [0.2, 0.25) is 0 Å². The number of piperidine rings is 1. The lowest BCUT2D eigenvalue weighted by Crippen LogP contribution is -2.42. The lowest BCUT2D eigenvalue weighted by atomic mass is 10.1.